The standard InChI is InChI=1S/C14H12F3N3O/c15-14(16,17)12-3-1-11(2-4-12)13(21)20-6-5-10-7-18-9-19-8-10/h1-4,7-9H,5-6H2,(H,20,21). The Balaban J connectivity index is 1.89. The van der Waals surface area contributed by atoms with Crippen LogP contribution in [0, 0.1) is 0 Å². The van der Waals surface area contributed by atoms with Crippen molar-refractivity contribution in [3.63, 3.8) is 0 Å². The summed E-state index contributed by atoms with van der Waals surface area (Å²) in [6, 6.07) is 4.09. The average molecular weight is 295 g/mol. The maximum Gasteiger partial charge on any atom is 0.416 e. The second-order valence-corrected chi connectivity index (χ2v) is 4.33. The van der Waals surface area contributed by atoms with E-state index in [1.807, 2.05) is 0 Å². The number of aromatic nitrogens is 2. The van der Waals surface area contributed by atoms with Crippen LogP contribution < -0.4 is 5.32 Å². The number of carbonyl (C=O) groups excluding carboxylic acids is 1. The van der Waals surface area contributed by atoms with E-state index in [2.05, 4.69) is 15.3 Å². The Morgan fingerprint density at radius 3 is 2.29 bits per heavy atom. The lowest BCUT2D eigenvalue weighted by Gasteiger charge is -2.08. The molecule has 1 N–H and O–H groups in total. The van der Waals surface area contributed by atoms with Gasteiger partial charge in [-0.25, -0.2) is 9.97 Å². The number of rotatable bonds is 4. The van der Waals surface area contributed by atoms with Gasteiger partial charge in [-0.1, -0.05) is 0 Å². The molecule has 0 saturated carbocycles. The lowest BCUT2D eigenvalue weighted by molar-refractivity contribution is -0.137. The summed E-state index contributed by atoms with van der Waals surface area (Å²) < 4.78 is 37.2. The van der Waals surface area contributed by atoms with Crippen molar-refractivity contribution in [3.05, 3.63) is 59.7 Å². The molecule has 2 aromatic rings. The number of hydrogen-bond acceptors (Lipinski definition) is 3. The Hall–Kier alpha value is -2.44. The minimum atomic E-state index is -4.40. The van der Waals surface area contributed by atoms with Crippen molar-refractivity contribution in [1.29, 1.82) is 0 Å². The number of nitrogens with one attached hydrogen (secondary N) is 1. The molecule has 0 aliphatic rings. The van der Waals surface area contributed by atoms with Gasteiger partial charge in [-0.3, -0.25) is 4.79 Å². The van der Waals surface area contributed by atoms with E-state index >= 15 is 0 Å². The van der Waals surface area contributed by atoms with Gasteiger partial charge < -0.3 is 5.32 Å². The third-order valence-electron chi connectivity index (χ3n) is 2.79. The zero-order valence-corrected chi connectivity index (χ0v) is 10.9. The van der Waals surface area contributed by atoms with Crippen molar-refractivity contribution >= 4 is 5.91 Å². The highest BCUT2D eigenvalue weighted by Crippen LogP contribution is 2.28. The van der Waals surface area contributed by atoms with Crippen LogP contribution in [0.25, 0.3) is 0 Å². The molecule has 4 nitrogen and oxygen atoms in total. The van der Waals surface area contributed by atoms with Gasteiger partial charge in [0.1, 0.15) is 6.33 Å². The molecule has 0 aliphatic carbocycles. The van der Waals surface area contributed by atoms with Crippen LogP contribution in [0.1, 0.15) is 21.5 Å². The lowest BCUT2D eigenvalue weighted by Crippen LogP contribution is -2.25. The molecule has 1 heterocycles. The Morgan fingerprint density at radius 2 is 1.71 bits per heavy atom. The monoisotopic (exact) mass is 295 g/mol. The number of hydrogen-bond donors (Lipinski definition) is 1. The molecule has 1 aromatic heterocycles. The highest BCUT2D eigenvalue weighted by atomic mass is 19.4. The minimum Gasteiger partial charge on any atom is -0.352 e. The van der Waals surface area contributed by atoms with Crippen molar-refractivity contribution in [1.82, 2.24) is 15.3 Å². The largest absolute Gasteiger partial charge is 0.416 e. The van der Waals surface area contributed by atoms with Crippen LogP contribution in [-0.2, 0) is 12.6 Å². The van der Waals surface area contributed by atoms with Crippen LogP contribution in [0.2, 0.25) is 0 Å². The first-order valence-electron chi connectivity index (χ1n) is 6.16. The van der Waals surface area contributed by atoms with Gasteiger partial charge in [0.2, 0.25) is 0 Å². The first-order chi connectivity index (χ1) is 9.97. The molecule has 21 heavy (non-hydrogen) atoms. The Bertz CT molecular complexity index is 597. The second-order valence-electron chi connectivity index (χ2n) is 4.33. The van der Waals surface area contributed by atoms with E-state index < -0.39 is 17.6 Å². The summed E-state index contributed by atoms with van der Waals surface area (Å²) in [5.41, 5.74) is 0.276. The fourth-order valence-electron chi connectivity index (χ4n) is 1.69. The van der Waals surface area contributed by atoms with Gasteiger partial charge in [-0.05, 0) is 36.2 Å². The molecule has 1 amide bonds. The van der Waals surface area contributed by atoms with E-state index in [4.69, 9.17) is 0 Å². The molecule has 0 bridgehead atoms. The number of halogens is 3. The van der Waals surface area contributed by atoms with Gasteiger partial charge in [0.05, 0.1) is 5.56 Å². The molecule has 0 radical (unpaired) electrons. The predicted molar refractivity (Wildman–Crippen MR) is 69.5 cm³/mol. The number of nitrogens with zero attached hydrogens (tertiary/aromatic N) is 2. The molecule has 0 spiro atoms. The van der Waals surface area contributed by atoms with Crippen molar-refractivity contribution in [2.45, 2.75) is 12.6 Å². The van der Waals surface area contributed by atoms with Gasteiger partial charge in [-0.2, -0.15) is 13.2 Å². The van der Waals surface area contributed by atoms with E-state index in [1.54, 1.807) is 12.4 Å². The lowest BCUT2D eigenvalue weighted by atomic mass is 10.1. The summed E-state index contributed by atoms with van der Waals surface area (Å²) in [5.74, 6) is -0.416. The van der Waals surface area contributed by atoms with Crippen molar-refractivity contribution < 1.29 is 18.0 Å². The molecule has 110 valence electrons. The molecule has 0 aliphatic heterocycles. The summed E-state index contributed by atoms with van der Waals surface area (Å²) >= 11 is 0. The smallest absolute Gasteiger partial charge is 0.352 e. The number of alkyl halides is 3. The molecule has 0 atom stereocenters. The number of benzene rings is 1. The topological polar surface area (TPSA) is 54.9 Å². The summed E-state index contributed by atoms with van der Waals surface area (Å²) in [6.07, 6.45) is 0.828. The molecule has 1 aromatic carbocycles. The van der Waals surface area contributed by atoms with E-state index in [0.29, 0.717) is 13.0 Å². The van der Waals surface area contributed by atoms with E-state index in [0.717, 1.165) is 29.8 Å². The Morgan fingerprint density at radius 1 is 1.10 bits per heavy atom. The quantitative estimate of drug-likeness (QED) is 0.942. The van der Waals surface area contributed by atoms with Crippen molar-refractivity contribution in [2.75, 3.05) is 6.54 Å². The summed E-state index contributed by atoms with van der Waals surface area (Å²) in [7, 11) is 0. The summed E-state index contributed by atoms with van der Waals surface area (Å²) in [4.78, 5) is 19.5. The molecule has 0 fully saturated rings. The Labute approximate surface area is 119 Å². The molecular formula is C14H12F3N3O. The van der Waals surface area contributed by atoms with E-state index in [-0.39, 0.29) is 5.56 Å². The van der Waals surface area contributed by atoms with Crippen LogP contribution in [-0.4, -0.2) is 22.4 Å². The van der Waals surface area contributed by atoms with Gasteiger partial charge in [-0.15, -0.1) is 0 Å². The molecule has 2 rings (SSSR count). The SMILES string of the molecule is O=C(NCCc1cncnc1)c1ccc(C(F)(F)F)cc1. The second kappa shape index (κ2) is 6.34. The zero-order chi connectivity index (χ0) is 15.3. The van der Waals surface area contributed by atoms with Crippen LogP contribution in [0.15, 0.2) is 43.0 Å². The third kappa shape index (κ3) is 4.27. The van der Waals surface area contributed by atoms with E-state index in [1.165, 1.54) is 6.33 Å². The number of carbonyl (C=O) groups is 1. The highest BCUT2D eigenvalue weighted by Gasteiger charge is 2.30. The first kappa shape index (κ1) is 15.0. The van der Waals surface area contributed by atoms with Gasteiger partial charge in [0.25, 0.3) is 5.91 Å². The normalized spacial score (nSPS) is 11.2. The van der Waals surface area contributed by atoms with Gasteiger partial charge >= 0.3 is 6.18 Å². The fraction of sp³-hybridized carbons (Fsp3) is 0.214. The average Bonchev–Trinajstić information content (AvgIpc) is 2.47. The Kier molecular flexibility index (Phi) is 4.52. The van der Waals surface area contributed by atoms with E-state index in [9.17, 15) is 18.0 Å². The molecule has 0 unspecified atom stereocenters. The first-order valence-corrected chi connectivity index (χ1v) is 6.16. The number of amides is 1. The summed E-state index contributed by atoms with van der Waals surface area (Å²) in [5, 5.41) is 2.63. The van der Waals surface area contributed by atoms with Crippen molar-refractivity contribution in [2.24, 2.45) is 0 Å². The molecular weight excluding hydrogens is 283 g/mol. The predicted octanol–water partition coefficient (Wildman–Crippen LogP) is 2.47. The minimum absolute atomic E-state index is 0.187. The van der Waals surface area contributed by atoms with Gasteiger partial charge in [0.15, 0.2) is 0 Å². The molecule has 0 saturated heterocycles. The fourth-order valence-corrected chi connectivity index (χ4v) is 1.69. The zero-order valence-electron chi connectivity index (χ0n) is 10.9. The maximum atomic E-state index is 12.4. The maximum absolute atomic E-state index is 12.4. The van der Waals surface area contributed by atoms with Crippen molar-refractivity contribution in [3.8, 4) is 0 Å². The van der Waals surface area contributed by atoms with Crippen LogP contribution in [0.4, 0.5) is 13.2 Å². The third-order valence-corrected chi connectivity index (χ3v) is 2.79. The highest BCUT2D eigenvalue weighted by molar-refractivity contribution is 5.94. The van der Waals surface area contributed by atoms with Crippen LogP contribution in [0.3, 0.4) is 0 Å². The molecule has 7 heteroatoms. The summed E-state index contributed by atoms with van der Waals surface area (Å²) in [6.45, 7) is 0.354. The van der Waals surface area contributed by atoms with Crippen LogP contribution in [0.5, 0.6) is 0 Å². The van der Waals surface area contributed by atoms with Crippen LogP contribution >= 0.6 is 0 Å². The van der Waals surface area contributed by atoms with Gasteiger partial charge in [0, 0.05) is 24.5 Å².